The van der Waals surface area contributed by atoms with E-state index < -0.39 is 5.82 Å². The van der Waals surface area contributed by atoms with Crippen LogP contribution in [0, 0.1) is 13.8 Å². The van der Waals surface area contributed by atoms with Gasteiger partial charge in [0.25, 0.3) is 0 Å². The van der Waals surface area contributed by atoms with Crippen LogP contribution in [0.3, 0.4) is 0 Å². The van der Waals surface area contributed by atoms with Crippen molar-refractivity contribution in [3.05, 3.63) is 33.9 Å². The zero-order valence-electron chi connectivity index (χ0n) is 6.88. The smallest absolute Gasteiger partial charge is 0.391 e. The molecule has 3 nitrogen and oxygen atoms in total. The summed E-state index contributed by atoms with van der Waals surface area (Å²) in [6.45, 7) is 3.86. The lowest BCUT2D eigenvalue weighted by Gasteiger charge is -1.95. The lowest BCUT2D eigenvalue weighted by atomic mass is 10.1. The molecule has 0 aliphatic rings. The maximum absolute atomic E-state index is 10.7. The molecule has 0 saturated carbocycles. The second-order valence-corrected chi connectivity index (χ2v) is 2.79. The van der Waals surface area contributed by atoms with Crippen LogP contribution in [-0.4, -0.2) is 0 Å². The van der Waals surface area contributed by atoms with Gasteiger partial charge in [0.1, 0.15) is 0 Å². The Bertz CT molecular complexity index is 476. The Morgan fingerprint density at radius 2 is 1.92 bits per heavy atom. The minimum Gasteiger partial charge on any atom is -0.391 e. The van der Waals surface area contributed by atoms with Crippen LogP contribution in [0.5, 0.6) is 0 Å². The minimum atomic E-state index is -0.640. The summed E-state index contributed by atoms with van der Waals surface area (Å²) in [5, 5.41) is 0. The van der Waals surface area contributed by atoms with E-state index >= 15 is 0 Å². The average molecular weight is 164 g/mol. The van der Waals surface area contributed by atoms with Crippen molar-refractivity contribution in [3.8, 4) is 0 Å². The first-order valence-electron chi connectivity index (χ1n) is 3.68. The fourth-order valence-electron chi connectivity index (χ4n) is 1.17. The fourth-order valence-corrected chi connectivity index (χ4v) is 1.17. The van der Waals surface area contributed by atoms with Gasteiger partial charge in [-0.25, -0.2) is 4.79 Å². The summed E-state index contributed by atoms with van der Waals surface area (Å²) in [6, 6.07) is 3.64. The Kier molecular flexibility index (Phi) is 1.33. The largest absolute Gasteiger partial charge is 0.519 e. The molecule has 0 aliphatic heterocycles. The number of fused-ring (bicyclic) bond motifs is 1. The molecule has 0 unspecified atom stereocenters. The second kappa shape index (κ2) is 2.24. The van der Waals surface area contributed by atoms with Crippen molar-refractivity contribution in [2.45, 2.75) is 13.8 Å². The summed E-state index contributed by atoms with van der Waals surface area (Å²) in [5.74, 6) is -0.640. The van der Waals surface area contributed by atoms with Crippen LogP contribution in [0.1, 0.15) is 11.1 Å². The molecule has 0 spiro atoms. The molecule has 0 N–H and O–H groups in total. The van der Waals surface area contributed by atoms with Crippen LogP contribution in [0.2, 0.25) is 0 Å². The summed E-state index contributed by atoms with van der Waals surface area (Å²) in [6.07, 6.45) is 0. The maximum Gasteiger partial charge on any atom is 0.519 e. The molecular weight excluding hydrogens is 156 g/mol. The standard InChI is InChI=1S/C9H8O3/c1-5-3-4-7-8(6(5)2)12-9(10)11-7/h3-4H,1-2H3. The summed E-state index contributed by atoms with van der Waals surface area (Å²) in [5.41, 5.74) is 3.12. The Hall–Kier alpha value is -1.51. The Balaban J connectivity index is 2.99. The number of hydrogen-bond donors (Lipinski definition) is 0. The average Bonchev–Trinajstić information content (AvgIpc) is 2.39. The van der Waals surface area contributed by atoms with Crippen molar-refractivity contribution in [1.29, 1.82) is 0 Å². The van der Waals surface area contributed by atoms with Gasteiger partial charge >= 0.3 is 5.82 Å². The first-order chi connectivity index (χ1) is 5.68. The molecular formula is C9H8O3. The van der Waals surface area contributed by atoms with Gasteiger partial charge in [-0.2, -0.15) is 0 Å². The van der Waals surface area contributed by atoms with Crippen molar-refractivity contribution in [2.24, 2.45) is 0 Å². The van der Waals surface area contributed by atoms with E-state index in [2.05, 4.69) is 0 Å². The van der Waals surface area contributed by atoms with Crippen LogP contribution in [0.15, 0.2) is 25.8 Å². The Morgan fingerprint density at radius 3 is 2.67 bits per heavy atom. The Labute approximate surface area is 68.6 Å². The predicted octanol–water partition coefficient (Wildman–Crippen LogP) is 2.00. The molecule has 1 aromatic carbocycles. The molecule has 1 aromatic heterocycles. The topological polar surface area (TPSA) is 43.4 Å². The third-order valence-electron chi connectivity index (χ3n) is 2.02. The van der Waals surface area contributed by atoms with Gasteiger partial charge in [0.2, 0.25) is 0 Å². The zero-order valence-corrected chi connectivity index (χ0v) is 6.88. The highest BCUT2D eigenvalue weighted by Crippen LogP contribution is 2.19. The number of hydrogen-bond acceptors (Lipinski definition) is 3. The quantitative estimate of drug-likeness (QED) is 0.598. The highest BCUT2D eigenvalue weighted by molar-refractivity contribution is 5.74. The SMILES string of the molecule is Cc1ccc2oc(=O)oc2c1C. The lowest BCUT2D eigenvalue weighted by Crippen LogP contribution is -1.84. The molecule has 3 heteroatoms. The number of aryl methyl sites for hydroxylation is 2. The highest BCUT2D eigenvalue weighted by Gasteiger charge is 2.07. The summed E-state index contributed by atoms with van der Waals surface area (Å²) < 4.78 is 9.64. The molecule has 1 heterocycles. The van der Waals surface area contributed by atoms with Crippen LogP contribution >= 0.6 is 0 Å². The van der Waals surface area contributed by atoms with Gasteiger partial charge in [-0.15, -0.1) is 0 Å². The molecule has 12 heavy (non-hydrogen) atoms. The minimum absolute atomic E-state index is 0.517. The van der Waals surface area contributed by atoms with E-state index in [1.165, 1.54) is 0 Å². The van der Waals surface area contributed by atoms with E-state index in [1.54, 1.807) is 6.07 Å². The summed E-state index contributed by atoms with van der Waals surface area (Å²) in [4.78, 5) is 10.7. The molecule has 2 aromatic rings. The third-order valence-corrected chi connectivity index (χ3v) is 2.02. The van der Waals surface area contributed by atoms with Crippen molar-refractivity contribution in [2.75, 3.05) is 0 Å². The fraction of sp³-hybridized carbons (Fsp3) is 0.222. The van der Waals surface area contributed by atoms with E-state index in [9.17, 15) is 4.79 Å². The van der Waals surface area contributed by atoms with Gasteiger partial charge in [0.15, 0.2) is 11.2 Å². The van der Waals surface area contributed by atoms with Crippen LogP contribution in [0.25, 0.3) is 11.2 Å². The molecule has 2 rings (SSSR count). The van der Waals surface area contributed by atoms with Crippen LogP contribution < -0.4 is 5.82 Å². The first kappa shape index (κ1) is 7.16. The summed E-state index contributed by atoms with van der Waals surface area (Å²) >= 11 is 0. The van der Waals surface area contributed by atoms with Gasteiger partial charge in [-0.1, -0.05) is 6.07 Å². The molecule has 0 amide bonds. The molecule has 0 saturated heterocycles. The van der Waals surface area contributed by atoms with Crippen molar-refractivity contribution in [3.63, 3.8) is 0 Å². The summed E-state index contributed by atoms with van der Waals surface area (Å²) in [7, 11) is 0. The normalized spacial score (nSPS) is 10.8. The molecule has 0 fully saturated rings. The zero-order chi connectivity index (χ0) is 8.72. The monoisotopic (exact) mass is 164 g/mol. The van der Waals surface area contributed by atoms with Gasteiger partial charge < -0.3 is 8.83 Å². The third kappa shape index (κ3) is 0.863. The van der Waals surface area contributed by atoms with Crippen LogP contribution in [0.4, 0.5) is 0 Å². The number of benzene rings is 1. The predicted molar refractivity (Wildman–Crippen MR) is 44.2 cm³/mol. The lowest BCUT2D eigenvalue weighted by molar-refractivity contribution is 0.409. The van der Waals surface area contributed by atoms with Gasteiger partial charge in [0.05, 0.1) is 0 Å². The van der Waals surface area contributed by atoms with Gasteiger partial charge in [-0.05, 0) is 31.0 Å². The highest BCUT2D eigenvalue weighted by atomic mass is 16.6. The molecule has 0 atom stereocenters. The van der Waals surface area contributed by atoms with E-state index in [0.29, 0.717) is 11.2 Å². The second-order valence-electron chi connectivity index (χ2n) is 2.79. The molecule has 62 valence electrons. The van der Waals surface area contributed by atoms with Crippen LogP contribution in [-0.2, 0) is 0 Å². The number of rotatable bonds is 0. The van der Waals surface area contributed by atoms with E-state index in [4.69, 9.17) is 8.83 Å². The van der Waals surface area contributed by atoms with Crippen molar-refractivity contribution < 1.29 is 8.83 Å². The van der Waals surface area contributed by atoms with Crippen molar-refractivity contribution >= 4 is 11.2 Å². The maximum atomic E-state index is 10.7. The molecule has 0 aliphatic carbocycles. The van der Waals surface area contributed by atoms with E-state index in [-0.39, 0.29) is 0 Å². The van der Waals surface area contributed by atoms with Crippen molar-refractivity contribution in [1.82, 2.24) is 0 Å². The van der Waals surface area contributed by atoms with E-state index in [0.717, 1.165) is 11.1 Å². The first-order valence-corrected chi connectivity index (χ1v) is 3.68. The van der Waals surface area contributed by atoms with Gasteiger partial charge in [0, 0.05) is 0 Å². The van der Waals surface area contributed by atoms with Gasteiger partial charge in [-0.3, -0.25) is 0 Å². The molecule has 0 bridgehead atoms. The van der Waals surface area contributed by atoms with E-state index in [1.807, 2.05) is 19.9 Å². The molecule has 0 radical (unpaired) electrons. The Morgan fingerprint density at radius 1 is 1.17 bits per heavy atom.